The number of aromatic nitrogens is 1. The van der Waals surface area contributed by atoms with E-state index in [9.17, 15) is 4.79 Å². The molecule has 5 heteroatoms. The maximum absolute atomic E-state index is 12.3. The van der Waals surface area contributed by atoms with Crippen molar-refractivity contribution in [2.75, 3.05) is 13.2 Å². The first kappa shape index (κ1) is 22.5. The molecule has 1 aromatic heterocycles. The highest BCUT2D eigenvalue weighted by atomic mass is 16.6. The first-order valence-electron chi connectivity index (χ1n) is 10.8. The molecule has 2 atom stereocenters. The van der Waals surface area contributed by atoms with Gasteiger partial charge in [0.05, 0.1) is 11.7 Å². The fraction of sp³-hybridized carbons (Fsp3) is 0.308. The number of carbonyl (C=O) groups is 1. The zero-order chi connectivity index (χ0) is 21.9. The maximum atomic E-state index is 12.3. The van der Waals surface area contributed by atoms with Crippen LogP contribution in [0, 0.1) is 0 Å². The lowest BCUT2D eigenvalue weighted by molar-refractivity contribution is 0.00760. The summed E-state index contributed by atoms with van der Waals surface area (Å²) in [5.41, 5.74) is 3.07. The largest absolute Gasteiger partial charge is 0.446 e. The molecule has 0 spiro atoms. The van der Waals surface area contributed by atoms with Gasteiger partial charge in [-0.05, 0) is 37.5 Å². The Labute approximate surface area is 184 Å². The summed E-state index contributed by atoms with van der Waals surface area (Å²) < 4.78 is 5.50. The summed E-state index contributed by atoms with van der Waals surface area (Å²) in [7, 11) is 0. The number of ether oxygens (including phenoxy) is 1. The highest BCUT2D eigenvalue weighted by Crippen LogP contribution is 2.28. The molecule has 162 valence electrons. The van der Waals surface area contributed by atoms with Crippen LogP contribution >= 0.6 is 0 Å². The molecule has 2 heterocycles. The number of benzene rings is 2. The van der Waals surface area contributed by atoms with Crippen LogP contribution in [0.4, 0.5) is 4.79 Å². The standard InChI is InChI=1S/C20H24N2O3.C6H6/c1-15(22-13-11-18(5-4-14-23)25-20(22)24)16-7-9-17(10-8-16)19-6-2-3-12-21-19;1-2-4-6-5-3-1/h2-3,6-10,12,15,18,23H,4-5,11,13-14H2,1H3;1-6H. The molecule has 1 saturated heterocycles. The van der Waals surface area contributed by atoms with Crippen molar-refractivity contribution in [3.05, 3.63) is 90.6 Å². The van der Waals surface area contributed by atoms with E-state index in [0.29, 0.717) is 13.0 Å². The van der Waals surface area contributed by atoms with Gasteiger partial charge in [0.15, 0.2) is 0 Å². The monoisotopic (exact) mass is 418 g/mol. The Morgan fingerprint density at radius 3 is 2.26 bits per heavy atom. The minimum absolute atomic E-state index is 0.0379. The zero-order valence-electron chi connectivity index (χ0n) is 17.9. The van der Waals surface area contributed by atoms with Gasteiger partial charge in [0.25, 0.3) is 0 Å². The van der Waals surface area contributed by atoms with Crippen LogP contribution < -0.4 is 0 Å². The molecule has 0 saturated carbocycles. The molecule has 3 aromatic rings. The number of cyclic esters (lactones) is 1. The number of rotatable bonds is 6. The fourth-order valence-corrected chi connectivity index (χ4v) is 3.55. The van der Waals surface area contributed by atoms with Crippen molar-refractivity contribution in [3.63, 3.8) is 0 Å². The SMILES string of the molecule is CC(c1ccc(-c2ccccn2)cc1)N1CCC(CCCO)OC1=O.c1ccccc1. The molecule has 31 heavy (non-hydrogen) atoms. The number of carbonyl (C=O) groups excluding carboxylic acids is 1. The number of pyridine rings is 1. The number of amides is 1. The van der Waals surface area contributed by atoms with E-state index in [-0.39, 0.29) is 24.8 Å². The molecule has 0 bridgehead atoms. The fourth-order valence-electron chi connectivity index (χ4n) is 3.55. The van der Waals surface area contributed by atoms with E-state index >= 15 is 0 Å². The zero-order valence-corrected chi connectivity index (χ0v) is 17.9. The molecule has 1 aliphatic rings. The van der Waals surface area contributed by atoms with Crippen LogP contribution in [-0.4, -0.2) is 40.3 Å². The van der Waals surface area contributed by atoms with Crippen LogP contribution in [0.1, 0.15) is 37.8 Å². The van der Waals surface area contributed by atoms with Gasteiger partial charge < -0.3 is 14.7 Å². The van der Waals surface area contributed by atoms with Gasteiger partial charge in [0.1, 0.15) is 6.10 Å². The third kappa shape index (κ3) is 6.66. The van der Waals surface area contributed by atoms with Crippen molar-refractivity contribution >= 4 is 6.09 Å². The Hall–Kier alpha value is -3.18. The van der Waals surface area contributed by atoms with Crippen LogP contribution in [0.5, 0.6) is 0 Å². The average molecular weight is 419 g/mol. The Bertz CT molecular complexity index is 874. The second-order valence-electron chi connectivity index (χ2n) is 7.52. The summed E-state index contributed by atoms with van der Waals surface area (Å²) in [4.78, 5) is 18.4. The second kappa shape index (κ2) is 11.9. The molecule has 1 amide bonds. The van der Waals surface area contributed by atoms with Crippen molar-refractivity contribution < 1.29 is 14.6 Å². The minimum atomic E-state index is -0.268. The van der Waals surface area contributed by atoms with Crippen molar-refractivity contribution in [3.8, 4) is 11.3 Å². The molecule has 0 aliphatic carbocycles. The Balaban J connectivity index is 0.000000391. The Morgan fingerprint density at radius 1 is 1.03 bits per heavy atom. The van der Waals surface area contributed by atoms with Gasteiger partial charge in [-0.1, -0.05) is 66.7 Å². The Morgan fingerprint density at radius 2 is 1.71 bits per heavy atom. The number of hydrogen-bond acceptors (Lipinski definition) is 4. The quantitative estimate of drug-likeness (QED) is 0.576. The molecular formula is C26H30N2O3. The Kier molecular flexibility index (Phi) is 8.61. The molecule has 0 radical (unpaired) electrons. The maximum Gasteiger partial charge on any atom is 0.410 e. The lowest BCUT2D eigenvalue weighted by Crippen LogP contribution is -2.43. The molecule has 5 nitrogen and oxygen atoms in total. The highest BCUT2D eigenvalue weighted by Gasteiger charge is 2.30. The average Bonchev–Trinajstić information content (AvgIpc) is 2.84. The van der Waals surface area contributed by atoms with Crippen molar-refractivity contribution in [1.82, 2.24) is 9.88 Å². The van der Waals surface area contributed by atoms with E-state index < -0.39 is 0 Å². The van der Waals surface area contributed by atoms with E-state index in [0.717, 1.165) is 29.7 Å². The number of nitrogens with zero attached hydrogens (tertiary/aromatic N) is 2. The summed E-state index contributed by atoms with van der Waals surface area (Å²) in [5.74, 6) is 0. The third-order valence-corrected chi connectivity index (χ3v) is 5.37. The van der Waals surface area contributed by atoms with Gasteiger partial charge in [-0.2, -0.15) is 0 Å². The van der Waals surface area contributed by atoms with E-state index in [2.05, 4.69) is 4.98 Å². The van der Waals surface area contributed by atoms with Crippen molar-refractivity contribution in [2.45, 2.75) is 38.3 Å². The van der Waals surface area contributed by atoms with Crippen LogP contribution in [0.25, 0.3) is 11.3 Å². The predicted molar refractivity (Wildman–Crippen MR) is 122 cm³/mol. The molecule has 4 rings (SSSR count). The van der Waals surface area contributed by atoms with E-state index in [1.54, 1.807) is 11.1 Å². The summed E-state index contributed by atoms with van der Waals surface area (Å²) in [5, 5.41) is 8.90. The smallest absolute Gasteiger partial charge is 0.410 e. The normalized spacial score (nSPS) is 16.6. The van der Waals surface area contributed by atoms with Gasteiger partial charge >= 0.3 is 6.09 Å². The van der Waals surface area contributed by atoms with E-state index in [1.807, 2.05) is 85.8 Å². The van der Waals surface area contributed by atoms with Gasteiger partial charge in [-0.15, -0.1) is 0 Å². The van der Waals surface area contributed by atoms with Crippen LogP contribution in [0.3, 0.4) is 0 Å². The number of aliphatic hydroxyl groups is 1. The van der Waals surface area contributed by atoms with Gasteiger partial charge in [-0.25, -0.2) is 4.79 Å². The lowest BCUT2D eigenvalue weighted by Gasteiger charge is -2.35. The van der Waals surface area contributed by atoms with Crippen LogP contribution in [-0.2, 0) is 4.74 Å². The van der Waals surface area contributed by atoms with Crippen molar-refractivity contribution in [1.29, 1.82) is 0 Å². The van der Waals surface area contributed by atoms with Gasteiger partial charge in [-0.3, -0.25) is 4.98 Å². The van der Waals surface area contributed by atoms with E-state index in [1.165, 1.54) is 0 Å². The first-order valence-corrected chi connectivity index (χ1v) is 10.8. The molecular weight excluding hydrogens is 388 g/mol. The lowest BCUT2D eigenvalue weighted by atomic mass is 10.0. The molecule has 1 fully saturated rings. The van der Waals surface area contributed by atoms with Crippen molar-refractivity contribution in [2.24, 2.45) is 0 Å². The highest BCUT2D eigenvalue weighted by molar-refractivity contribution is 5.69. The summed E-state index contributed by atoms with van der Waals surface area (Å²) in [6, 6.07) is 26.0. The summed E-state index contributed by atoms with van der Waals surface area (Å²) in [6.07, 6.45) is 3.64. The molecule has 1 N–H and O–H groups in total. The van der Waals surface area contributed by atoms with Gasteiger partial charge in [0.2, 0.25) is 0 Å². The molecule has 2 aromatic carbocycles. The van der Waals surface area contributed by atoms with Crippen LogP contribution in [0.15, 0.2) is 85.1 Å². The first-order chi connectivity index (χ1) is 15.2. The van der Waals surface area contributed by atoms with Gasteiger partial charge in [0, 0.05) is 31.3 Å². The summed E-state index contributed by atoms with van der Waals surface area (Å²) in [6.45, 7) is 2.83. The third-order valence-electron chi connectivity index (χ3n) is 5.37. The number of aliphatic hydroxyl groups excluding tert-OH is 1. The second-order valence-corrected chi connectivity index (χ2v) is 7.52. The molecule has 1 aliphatic heterocycles. The van der Waals surface area contributed by atoms with E-state index in [4.69, 9.17) is 9.84 Å². The van der Waals surface area contributed by atoms with Crippen LogP contribution in [0.2, 0.25) is 0 Å². The predicted octanol–water partition coefficient (Wildman–Crippen LogP) is 5.48. The topological polar surface area (TPSA) is 62.7 Å². The molecule has 2 unspecified atom stereocenters. The minimum Gasteiger partial charge on any atom is -0.446 e. The summed E-state index contributed by atoms with van der Waals surface area (Å²) >= 11 is 0. The number of hydrogen-bond donors (Lipinski definition) is 1.